The van der Waals surface area contributed by atoms with Gasteiger partial charge in [0.15, 0.2) is 5.82 Å². The van der Waals surface area contributed by atoms with Crippen LogP contribution in [-0.2, 0) is 6.54 Å². The number of imidazole rings is 1. The number of fused-ring (bicyclic) bond motifs is 1. The highest BCUT2D eigenvalue weighted by atomic mass is 16.3. The number of nitrogens with one attached hydrogen (secondary N) is 1. The minimum atomic E-state index is 0.285. The molecule has 0 radical (unpaired) electrons. The zero-order chi connectivity index (χ0) is 13.9. The summed E-state index contributed by atoms with van der Waals surface area (Å²) in [5.74, 6) is 1.68. The van der Waals surface area contributed by atoms with Crippen LogP contribution in [0.1, 0.15) is 18.5 Å². The van der Waals surface area contributed by atoms with E-state index in [0.29, 0.717) is 5.92 Å². The van der Waals surface area contributed by atoms with E-state index in [1.807, 2.05) is 25.2 Å². The van der Waals surface area contributed by atoms with Crippen molar-refractivity contribution in [1.82, 2.24) is 14.7 Å². The number of rotatable bonds is 5. The number of anilines is 1. The first kappa shape index (κ1) is 13.4. The van der Waals surface area contributed by atoms with Gasteiger partial charge in [-0.15, -0.1) is 0 Å². The van der Waals surface area contributed by atoms with Crippen molar-refractivity contribution in [3.8, 4) is 0 Å². The van der Waals surface area contributed by atoms with Gasteiger partial charge in [0, 0.05) is 32.4 Å². The fraction of sp³-hybridized carbons (Fsp3) is 0.533. The van der Waals surface area contributed by atoms with Crippen molar-refractivity contribution < 1.29 is 5.11 Å². The van der Waals surface area contributed by atoms with E-state index < -0.39 is 0 Å². The lowest BCUT2D eigenvalue weighted by molar-refractivity contribution is 0.263. The third-order valence-electron chi connectivity index (χ3n) is 4.07. The van der Waals surface area contributed by atoms with Crippen molar-refractivity contribution in [2.24, 2.45) is 5.92 Å². The van der Waals surface area contributed by atoms with Crippen LogP contribution in [0.2, 0.25) is 0 Å². The minimum Gasteiger partial charge on any atom is -0.396 e. The summed E-state index contributed by atoms with van der Waals surface area (Å²) in [6.07, 6.45) is 4.11. The molecule has 0 bridgehead atoms. The second kappa shape index (κ2) is 5.81. The number of hydrogen-bond acceptors (Lipinski definition) is 4. The number of aliphatic hydroxyl groups is 1. The summed E-state index contributed by atoms with van der Waals surface area (Å²) in [6, 6.07) is 6.11. The van der Waals surface area contributed by atoms with E-state index in [2.05, 4.69) is 20.8 Å². The predicted molar refractivity (Wildman–Crippen MR) is 80.0 cm³/mol. The summed E-state index contributed by atoms with van der Waals surface area (Å²) >= 11 is 0. The zero-order valence-corrected chi connectivity index (χ0v) is 11.9. The predicted octanol–water partition coefficient (Wildman–Crippen LogP) is 1.26. The summed E-state index contributed by atoms with van der Waals surface area (Å²) in [7, 11) is 1.96. The van der Waals surface area contributed by atoms with Gasteiger partial charge in [0.05, 0.1) is 5.69 Å². The summed E-state index contributed by atoms with van der Waals surface area (Å²) in [6.45, 7) is 3.13. The molecule has 0 aromatic carbocycles. The Hall–Kier alpha value is -1.59. The van der Waals surface area contributed by atoms with E-state index in [9.17, 15) is 0 Å². The molecule has 3 rings (SSSR count). The van der Waals surface area contributed by atoms with Crippen LogP contribution in [0.25, 0.3) is 5.65 Å². The average molecular weight is 274 g/mol. The standard InChI is InChI=1S/C15H22N4O/c1-16-10-13-15(17-14-4-2-3-7-19(13)14)18-8-5-12(11-18)6-9-20/h2-4,7,12,16,20H,5-6,8-11H2,1H3. The lowest BCUT2D eigenvalue weighted by Crippen LogP contribution is -2.23. The Morgan fingerprint density at radius 3 is 3.15 bits per heavy atom. The molecule has 0 spiro atoms. The van der Waals surface area contributed by atoms with Gasteiger partial charge in [-0.05, 0) is 37.9 Å². The van der Waals surface area contributed by atoms with E-state index >= 15 is 0 Å². The Labute approximate surface area is 119 Å². The SMILES string of the molecule is CNCc1c(N2CCC(CCO)C2)nc2ccccn12. The van der Waals surface area contributed by atoms with Crippen LogP contribution in [0.3, 0.4) is 0 Å². The molecule has 20 heavy (non-hydrogen) atoms. The molecule has 1 saturated heterocycles. The maximum absolute atomic E-state index is 9.09. The third-order valence-corrected chi connectivity index (χ3v) is 4.07. The Bertz CT molecular complexity index is 580. The van der Waals surface area contributed by atoms with Crippen LogP contribution in [0.15, 0.2) is 24.4 Å². The quantitative estimate of drug-likeness (QED) is 0.862. The normalized spacial score (nSPS) is 19.1. The van der Waals surface area contributed by atoms with Gasteiger partial charge in [-0.1, -0.05) is 6.07 Å². The van der Waals surface area contributed by atoms with Crippen LogP contribution in [0.4, 0.5) is 5.82 Å². The largest absolute Gasteiger partial charge is 0.396 e. The van der Waals surface area contributed by atoms with Gasteiger partial charge in [-0.2, -0.15) is 0 Å². The van der Waals surface area contributed by atoms with Crippen LogP contribution >= 0.6 is 0 Å². The summed E-state index contributed by atoms with van der Waals surface area (Å²) < 4.78 is 2.16. The van der Waals surface area contributed by atoms with Crippen molar-refractivity contribution in [3.63, 3.8) is 0 Å². The average Bonchev–Trinajstić information content (AvgIpc) is 3.05. The fourth-order valence-electron chi connectivity index (χ4n) is 3.06. The first-order chi connectivity index (χ1) is 9.83. The van der Waals surface area contributed by atoms with Gasteiger partial charge >= 0.3 is 0 Å². The number of aromatic nitrogens is 2. The van der Waals surface area contributed by atoms with E-state index in [1.165, 1.54) is 5.69 Å². The van der Waals surface area contributed by atoms with Crippen LogP contribution in [0.5, 0.6) is 0 Å². The number of hydrogen-bond donors (Lipinski definition) is 2. The molecule has 2 aromatic rings. The van der Waals surface area contributed by atoms with Gasteiger partial charge in [-0.25, -0.2) is 4.98 Å². The molecule has 1 atom stereocenters. The second-order valence-corrected chi connectivity index (χ2v) is 5.45. The smallest absolute Gasteiger partial charge is 0.152 e. The topological polar surface area (TPSA) is 52.8 Å². The van der Waals surface area contributed by atoms with Crippen molar-refractivity contribution in [2.75, 3.05) is 31.6 Å². The lowest BCUT2D eigenvalue weighted by Gasteiger charge is -2.17. The first-order valence-corrected chi connectivity index (χ1v) is 7.30. The highest BCUT2D eigenvalue weighted by Crippen LogP contribution is 2.28. The van der Waals surface area contributed by atoms with Crippen molar-refractivity contribution in [3.05, 3.63) is 30.1 Å². The molecule has 2 N–H and O–H groups in total. The molecule has 1 aliphatic heterocycles. The maximum atomic E-state index is 9.09. The van der Waals surface area contributed by atoms with Gasteiger partial charge in [-0.3, -0.25) is 0 Å². The summed E-state index contributed by atoms with van der Waals surface area (Å²) in [4.78, 5) is 7.16. The Morgan fingerprint density at radius 1 is 1.45 bits per heavy atom. The van der Waals surface area contributed by atoms with Crippen molar-refractivity contribution in [2.45, 2.75) is 19.4 Å². The molecule has 1 fully saturated rings. The maximum Gasteiger partial charge on any atom is 0.152 e. The molecular weight excluding hydrogens is 252 g/mol. The third kappa shape index (κ3) is 2.39. The van der Waals surface area contributed by atoms with E-state index in [1.54, 1.807) is 0 Å². The molecule has 1 unspecified atom stereocenters. The van der Waals surface area contributed by atoms with Gasteiger partial charge in [0.25, 0.3) is 0 Å². The molecule has 0 aliphatic carbocycles. The van der Waals surface area contributed by atoms with Gasteiger partial charge in [0.1, 0.15) is 5.65 Å². The van der Waals surface area contributed by atoms with Crippen LogP contribution in [-0.4, -0.2) is 41.2 Å². The van der Waals surface area contributed by atoms with Crippen molar-refractivity contribution in [1.29, 1.82) is 0 Å². The molecule has 0 saturated carbocycles. The molecule has 108 valence electrons. The molecule has 2 aromatic heterocycles. The minimum absolute atomic E-state index is 0.285. The molecule has 3 heterocycles. The van der Waals surface area contributed by atoms with Crippen molar-refractivity contribution >= 4 is 11.5 Å². The van der Waals surface area contributed by atoms with E-state index in [4.69, 9.17) is 10.1 Å². The summed E-state index contributed by atoms with van der Waals surface area (Å²) in [5, 5.41) is 12.3. The van der Waals surface area contributed by atoms with Crippen LogP contribution in [0, 0.1) is 5.92 Å². The molecule has 0 amide bonds. The Balaban J connectivity index is 1.92. The van der Waals surface area contributed by atoms with Crippen LogP contribution < -0.4 is 10.2 Å². The second-order valence-electron chi connectivity index (χ2n) is 5.45. The number of pyridine rings is 1. The highest BCUT2D eigenvalue weighted by molar-refractivity contribution is 5.56. The number of nitrogens with zero attached hydrogens (tertiary/aromatic N) is 3. The monoisotopic (exact) mass is 274 g/mol. The number of aliphatic hydroxyl groups excluding tert-OH is 1. The molecule has 1 aliphatic rings. The summed E-state index contributed by atoms with van der Waals surface area (Å²) in [5.41, 5.74) is 2.21. The van der Waals surface area contributed by atoms with Gasteiger partial charge < -0.3 is 19.7 Å². The first-order valence-electron chi connectivity index (χ1n) is 7.30. The van der Waals surface area contributed by atoms with E-state index in [-0.39, 0.29) is 6.61 Å². The molecular formula is C15H22N4O. The zero-order valence-electron chi connectivity index (χ0n) is 11.9. The molecule has 5 heteroatoms. The Kier molecular flexibility index (Phi) is 3.89. The Morgan fingerprint density at radius 2 is 2.35 bits per heavy atom. The highest BCUT2D eigenvalue weighted by Gasteiger charge is 2.26. The van der Waals surface area contributed by atoms with Gasteiger partial charge in [0.2, 0.25) is 0 Å². The fourth-order valence-corrected chi connectivity index (χ4v) is 3.06. The molecule has 5 nitrogen and oxygen atoms in total. The lowest BCUT2D eigenvalue weighted by atomic mass is 10.1. The van der Waals surface area contributed by atoms with E-state index in [0.717, 1.165) is 43.9 Å².